The molecule has 1 aliphatic rings. The van der Waals surface area contributed by atoms with Crippen molar-refractivity contribution in [2.24, 2.45) is 0 Å². The second-order valence-corrected chi connectivity index (χ2v) is 4.33. The molecule has 0 saturated carbocycles. The monoisotopic (exact) mass is 235 g/mol. The third-order valence-electron chi connectivity index (χ3n) is 2.18. The number of likely N-dealkylation sites (N-methyl/N-ethyl adjacent to an activating group) is 1. The fraction of sp³-hybridized carbons (Fsp3) is 0.0909. The first-order valence-corrected chi connectivity index (χ1v) is 5.40. The van der Waals surface area contributed by atoms with Crippen molar-refractivity contribution in [1.29, 1.82) is 0 Å². The van der Waals surface area contributed by atoms with Crippen molar-refractivity contribution in [1.82, 2.24) is 4.90 Å². The summed E-state index contributed by atoms with van der Waals surface area (Å²) in [6.07, 6.45) is 1.63. The average molecular weight is 235 g/mol. The summed E-state index contributed by atoms with van der Waals surface area (Å²) in [5.74, 6) is -0.121. The van der Waals surface area contributed by atoms with E-state index in [1.165, 1.54) is 19.2 Å². The third-order valence-corrected chi connectivity index (χ3v) is 3.14. The van der Waals surface area contributed by atoms with Gasteiger partial charge in [0.05, 0.1) is 4.91 Å². The highest BCUT2D eigenvalue weighted by molar-refractivity contribution is 8.18. The van der Waals surface area contributed by atoms with Gasteiger partial charge in [-0.3, -0.25) is 14.5 Å². The number of nitrogens with zero attached hydrogens (tertiary/aromatic N) is 1. The number of rotatable bonds is 1. The Morgan fingerprint density at radius 3 is 2.38 bits per heavy atom. The van der Waals surface area contributed by atoms with Gasteiger partial charge >= 0.3 is 0 Å². The Labute approximate surface area is 96.6 Å². The van der Waals surface area contributed by atoms with Crippen LogP contribution in [0, 0.1) is 0 Å². The van der Waals surface area contributed by atoms with E-state index in [-0.39, 0.29) is 16.9 Å². The van der Waals surface area contributed by atoms with Crippen LogP contribution < -0.4 is 0 Å². The molecule has 1 N–H and O–H groups in total. The number of carbonyl (C=O) groups is 2. The predicted octanol–water partition coefficient (Wildman–Crippen LogP) is 2.06. The zero-order chi connectivity index (χ0) is 11.7. The molecular weight excluding hydrogens is 226 g/mol. The lowest BCUT2D eigenvalue weighted by molar-refractivity contribution is -0.121. The van der Waals surface area contributed by atoms with Crippen LogP contribution in [0.1, 0.15) is 5.56 Å². The van der Waals surface area contributed by atoms with Gasteiger partial charge in [-0.2, -0.15) is 0 Å². The predicted molar refractivity (Wildman–Crippen MR) is 61.8 cm³/mol. The van der Waals surface area contributed by atoms with E-state index in [1.807, 2.05) is 0 Å². The Morgan fingerprint density at radius 1 is 1.25 bits per heavy atom. The zero-order valence-corrected chi connectivity index (χ0v) is 9.32. The van der Waals surface area contributed by atoms with Crippen LogP contribution in [-0.2, 0) is 4.79 Å². The van der Waals surface area contributed by atoms with Gasteiger partial charge < -0.3 is 5.11 Å². The molecule has 1 aliphatic heterocycles. The lowest BCUT2D eigenvalue weighted by Gasteiger charge is -2.01. The Balaban J connectivity index is 2.29. The molecule has 1 heterocycles. The number of thioether (sulfide) groups is 1. The summed E-state index contributed by atoms with van der Waals surface area (Å²) in [5, 5.41) is 8.83. The summed E-state index contributed by atoms with van der Waals surface area (Å²) >= 11 is 0.917. The molecule has 2 amide bonds. The molecule has 0 atom stereocenters. The minimum atomic E-state index is -0.289. The quantitative estimate of drug-likeness (QED) is 0.757. The summed E-state index contributed by atoms with van der Waals surface area (Å²) in [6, 6.07) is 6.42. The van der Waals surface area contributed by atoms with E-state index in [9.17, 15) is 9.59 Å². The van der Waals surface area contributed by atoms with Gasteiger partial charge in [-0.25, -0.2) is 0 Å². The molecule has 5 heteroatoms. The minimum Gasteiger partial charge on any atom is -0.508 e. The molecule has 0 unspecified atom stereocenters. The molecule has 0 radical (unpaired) electrons. The number of hydrogen-bond donors (Lipinski definition) is 1. The number of phenolic OH excluding ortho intramolecular Hbond substituents is 1. The molecule has 0 aliphatic carbocycles. The lowest BCUT2D eigenvalue weighted by atomic mass is 10.2. The van der Waals surface area contributed by atoms with Gasteiger partial charge in [0.1, 0.15) is 5.75 Å². The first kappa shape index (κ1) is 10.8. The highest BCUT2D eigenvalue weighted by atomic mass is 32.2. The van der Waals surface area contributed by atoms with Crippen LogP contribution in [0.25, 0.3) is 6.08 Å². The number of aromatic hydroxyl groups is 1. The average Bonchev–Trinajstić information content (AvgIpc) is 2.50. The second kappa shape index (κ2) is 4.02. The molecular formula is C11H9NO3S. The minimum absolute atomic E-state index is 0.167. The number of imide groups is 1. The van der Waals surface area contributed by atoms with Gasteiger partial charge in [0.25, 0.3) is 11.1 Å². The molecule has 0 spiro atoms. The third kappa shape index (κ3) is 1.94. The van der Waals surface area contributed by atoms with Crippen molar-refractivity contribution in [2.75, 3.05) is 7.05 Å². The normalized spacial score (nSPS) is 18.6. The summed E-state index contributed by atoms with van der Waals surface area (Å²) in [5.41, 5.74) is 0.775. The van der Waals surface area contributed by atoms with Crippen LogP contribution >= 0.6 is 11.8 Å². The van der Waals surface area contributed by atoms with Crippen molar-refractivity contribution in [2.45, 2.75) is 0 Å². The van der Waals surface area contributed by atoms with Gasteiger partial charge in [-0.15, -0.1) is 0 Å². The highest BCUT2D eigenvalue weighted by Crippen LogP contribution is 2.31. The molecule has 0 aromatic heterocycles. The fourth-order valence-corrected chi connectivity index (χ4v) is 2.09. The first-order chi connectivity index (χ1) is 7.58. The Kier molecular flexibility index (Phi) is 2.70. The van der Waals surface area contributed by atoms with Crippen LogP contribution in [0.4, 0.5) is 4.79 Å². The second-order valence-electron chi connectivity index (χ2n) is 3.33. The van der Waals surface area contributed by atoms with E-state index >= 15 is 0 Å². The SMILES string of the molecule is CN1C(=O)S/C(=C\c2ccc(O)cc2)C1=O. The van der Waals surface area contributed by atoms with Crippen LogP contribution in [0.3, 0.4) is 0 Å². The lowest BCUT2D eigenvalue weighted by Crippen LogP contribution is -2.22. The van der Waals surface area contributed by atoms with Crippen molar-refractivity contribution >= 4 is 29.0 Å². The van der Waals surface area contributed by atoms with Gasteiger partial charge in [0.2, 0.25) is 0 Å². The largest absolute Gasteiger partial charge is 0.508 e. The van der Waals surface area contributed by atoms with Crippen LogP contribution in [-0.4, -0.2) is 28.2 Å². The smallest absolute Gasteiger partial charge is 0.293 e. The van der Waals surface area contributed by atoms with E-state index in [2.05, 4.69) is 0 Å². The number of hydrogen-bond acceptors (Lipinski definition) is 4. The standard InChI is InChI=1S/C11H9NO3S/c1-12-10(14)9(16-11(12)15)6-7-2-4-8(13)5-3-7/h2-6,13H,1H3/b9-6-. The number of benzene rings is 1. The maximum absolute atomic E-state index is 11.6. The molecule has 1 aromatic rings. The summed E-state index contributed by atoms with van der Waals surface area (Å²) in [7, 11) is 1.45. The first-order valence-electron chi connectivity index (χ1n) is 4.58. The summed E-state index contributed by atoms with van der Waals surface area (Å²) < 4.78 is 0. The van der Waals surface area contributed by atoms with Crippen LogP contribution in [0.5, 0.6) is 5.75 Å². The Morgan fingerprint density at radius 2 is 1.88 bits per heavy atom. The molecule has 2 rings (SSSR count). The van der Waals surface area contributed by atoms with Gasteiger partial charge in [-0.1, -0.05) is 12.1 Å². The molecule has 0 bridgehead atoms. The van der Waals surface area contributed by atoms with Crippen molar-refractivity contribution in [3.63, 3.8) is 0 Å². The van der Waals surface area contributed by atoms with E-state index < -0.39 is 0 Å². The summed E-state index contributed by atoms with van der Waals surface area (Å²) in [6.45, 7) is 0. The number of amides is 2. The van der Waals surface area contributed by atoms with Crippen LogP contribution in [0.2, 0.25) is 0 Å². The van der Waals surface area contributed by atoms with E-state index in [4.69, 9.17) is 5.11 Å². The molecule has 16 heavy (non-hydrogen) atoms. The maximum atomic E-state index is 11.6. The molecule has 4 nitrogen and oxygen atoms in total. The van der Waals surface area contributed by atoms with Gasteiger partial charge in [-0.05, 0) is 35.5 Å². The number of carbonyl (C=O) groups excluding carboxylic acids is 2. The number of phenols is 1. The van der Waals surface area contributed by atoms with Gasteiger partial charge in [0.15, 0.2) is 0 Å². The summed E-state index contributed by atoms with van der Waals surface area (Å²) in [4.78, 5) is 24.3. The van der Waals surface area contributed by atoms with E-state index in [0.29, 0.717) is 4.91 Å². The Hall–Kier alpha value is -1.75. The van der Waals surface area contributed by atoms with Crippen molar-refractivity contribution in [3.8, 4) is 5.75 Å². The zero-order valence-electron chi connectivity index (χ0n) is 8.51. The highest BCUT2D eigenvalue weighted by Gasteiger charge is 2.31. The topological polar surface area (TPSA) is 57.6 Å². The molecule has 1 saturated heterocycles. The van der Waals surface area contributed by atoms with Crippen molar-refractivity contribution < 1.29 is 14.7 Å². The molecule has 1 fully saturated rings. The fourth-order valence-electron chi connectivity index (χ4n) is 1.27. The molecule has 82 valence electrons. The van der Waals surface area contributed by atoms with Crippen LogP contribution in [0.15, 0.2) is 29.2 Å². The van der Waals surface area contributed by atoms with E-state index in [0.717, 1.165) is 22.2 Å². The maximum Gasteiger partial charge on any atom is 0.293 e. The van der Waals surface area contributed by atoms with Crippen molar-refractivity contribution in [3.05, 3.63) is 34.7 Å². The van der Waals surface area contributed by atoms with Gasteiger partial charge in [0, 0.05) is 7.05 Å². The molecule has 1 aromatic carbocycles. The Bertz CT molecular complexity index is 479. The van der Waals surface area contributed by atoms with E-state index in [1.54, 1.807) is 18.2 Å².